The molecule has 8 nitrogen and oxygen atoms in total. The number of amides is 3. The van der Waals surface area contributed by atoms with Gasteiger partial charge in [-0.1, -0.05) is 64.3 Å². The molecule has 0 radical (unpaired) electrons. The zero-order valence-corrected chi connectivity index (χ0v) is 25.4. The Morgan fingerprint density at radius 1 is 1.15 bits per heavy atom. The van der Waals surface area contributed by atoms with Crippen molar-refractivity contribution >= 4 is 23.4 Å². The molecule has 3 aliphatic heterocycles. The molecule has 3 heterocycles. The number of rotatable bonds is 11. The van der Waals surface area contributed by atoms with Crippen LogP contribution in [0.15, 0.2) is 36.4 Å². The predicted octanol–water partition coefficient (Wildman–Crippen LogP) is 4.15. The summed E-state index contributed by atoms with van der Waals surface area (Å²) in [7, 11) is 2.10. The lowest BCUT2D eigenvalue weighted by atomic mass is 9.73. The molecule has 41 heavy (non-hydrogen) atoms. The third kappa shape index (κ3) is 5.70. The number of aryl methyl sites for hydroxylation is 1. The van der Waals surface area contributed by atoms with Crippen LogP contribution in [0.4, 0.5) is 5.69 Å². The van der Waals surface area contributed by atoms with Crippen LogP contribution < -0.4 is 10.6 Å². The summed E-state index contributed by atoms with van der Waals surface area (Å²) in [6, 6.07) is 6.92. The maximum Gasteiger partial charge on any atom is 0.246 e. The Morgan fingerprint density at radius 2 is 1.93 bits per heavy atom. The van der Waals surface area contributed by atoms with Crippen molar-refractivity contribution in [1.82, 2.24) is 15.1 Å². The summed E-state index contributed by atoms with van der Waals surface area (Å²) in [6.45, 7) is 10.9. The summed E-state index contributed by atoms with van der Waals surface area (Å²) in [4.78, 5) is 46.1. The van der Waals surface area contributed by atoms with Crippen molar-refractivity contribution in [1.29, 1.82) is 0 Å². The van der Waals surface area contributed by atoms with Gasteiger partial charge < -0.3 is 25.2 Å². The molecule has 1 aromatic rings. The Morgan fingerprint density at radius 3 is 2.68 bits per heavy atom. The van der Waals surface area contributed by atoms with Gasteiger partial charge in [-0.2, -0.15) is 0 Å². The average molecular weight is 565 g/mol. The van der Waals surface area contributed by atoms with Crippen molar-refractivity contribution < 1.29 is 19.1 Å². The van der Waals surface area contributed by atoms with Crippen LogP contribution in [0.1, 0.15) is 64.9 Å². The Balaban J connectivity index is 1.39. The fourth-order valence-electron chi connectivity index (χ4n) is 7.55. The molecule has 2 N–H and O–H groups in total. The highest BCUT2D eigenvalue weighted by Gasteiger charge is 2.72. The minimum atomic E-state index is -1.13. The molecule has 5 rings (SSSR count). The number of carbonyl (C=O) groups is 3. The summed E-state index contributed by atoms with van der Waals surface area (Å²) in [5.74, 6) is -1.05. The first kappa shape index (κ1) is 29.8. The number of nitrogens with zero attached hydrogens (tertiary/aromatic N) is 2. The lowest BCUT2D eigenvalue weighted by Crippen LogP contribution is -2.58. The van der Waals surface area contributed by atoms with Crippen molar-refractivity contribution in [2.45, 2.75) is 90.0 Å². The number of likely N-dealkylation sites (tertiary alicyclic amines) is 1. The maximum absolute atomic E-state index is 14.2. The van der Waals surface area contributed by atoms with Crippen molar-refractivity contribution in [2.75, 3.05) is 32.0 Å². The third-order valence-corrected chi connectivity index (χ3v) is 10.1. The molecule has 1 saturated carbocycles. The van der Waals surface area contributed by atoms with E-state index in [4.69, 9.17) is 4.74 Å². The maximum atomic E-state index is 14.2. The van der Waals surface area contributed by atoms with Gasteiger partial charge in [0.05, 0.1) is 17.9 Å². The molecule has 3 amide bonds. The Bertz CT molecular complexity index is 1170. The number of hydrogen-bond acceptors (Lipinski definition) is 5. The molecule has 1 aliphatic carbocycles. The average Bonchev–Trinajstić information content (AvgIpc) is 3.57. The van der Waals surface area contributed by atoms with E-state index in [1.165, 1.54) is 6.42 Å². The second kappa shape index (κ2) is 12.3. The monoisotopic (exact) mass is 564 g/mol. The van der Waals surface area contributed by atoms with E-state index in [1.807, 2.05) is 43.3 Å². The molecule has 8 atom stereocenters. The zero-order valence-electron chi connectivity index (χ0n) is 25.4. The molecular weight excluding hydrogens is 516 g/mol. The molecule has 224 valence electrons. The van der Waals surface area contributed by atoms with Gasteiger partial charge in [-0.25, -0.2) is 0 Å². The Labute approximate surface area is 245 Å². The first-order valence-electron chi connectivity index (χ1n) is 15.7. The number of fused-ring (bicyclic) bond motifs is 1. The molecule has 1 aromatic carbocycles. The van der Waals surface area contributed by atoms with E-state index in [9.17, 15) is 14.4 Å². The minimum absolute atomic E-state index is 0.0711. The van der Waals surface area contributed by atoms with Gasteiger partial charge in [-0.15, -0.1) is 0 Å². The largest absolute Gasteiger partial charge is 0.359 e. The lowest BCUT2D eigenvalue weighted by molar-refractivity contribution is -0.141. The van der Waals surface area contributed by atoms with Crippen LogP contribution in [0, 0.1) is 30.6 Å². The summed E-state index contributed by atoms with van der Waals surface area (Å²) >= 11 is 0. The number of benzene rings is 1. The zero-order chi connectivity index (χ0) is 29.3. The van der Waals surface area contributed by atoms with Gasteiger partial charge in [0.25, 0.3) is 0 Å². The van der Waals surface area contributed by atoms with Crippen LogP contribution >= 0.6 is 0 Å². The molecular formula is C33H48N4O4. The normalized spacial score (nSPS) is 33.9. The number of ether oxygens (including phenoxy) is 1. The quantitative estimate of drug-likeness (QED) is 0.394. The molecule has 1 spiro atoms. The lowest BCUT2D eigenvalue weighted by Gasteiger charge is -2.38. The number of anilines is 1. The van der Waals surface area contributed by atoms with E-state index >= 15 is 0 Å². The smallest absolute Gasteiger partial charge is 0.246 e. The van der Waals surface area contributed by atoms with Gasteiger partial charge in [-0.05, 0) is 75.9 Å². The van der Waals surface area contributed by atoms with Gasteiger partial charge in [-0.3, -0.25) is 14.4 Å². The highest BCUT2D eigenvalue weighted by Crippen LogP contribution is 2.55. The van der Waals surface area contributed by atoms with Crippen molar-refractivity contribution in [2.24, 2.45) is 23.7 Å². The summed E-state index contributed by atoms with van der Waals surface area (Å²) in [5.41, 5.74) is 0.610. The topological polar surface area (TPSA) is 91.0 Å². The van der Waals surface area contributed by atoms with Gasteiger partial charge >= 0.3 is 0 Å². The fraction of sp³-hybridized carbons (Fsp3) is 0.667. The van der Waals surface area contributed by atoms with E-state index in [2.05, 4.69) is 43.4 Å². The molecule has 2 saturated heterocycles. The van der Waals surface area contributed by atoms with Crippen LogP contribution in [0.25, 0.3) is 0 Å². The number of carbonyl (C=O) groups excluding carboxylic acids is 3. The van der Waals surface area contributed by atoms with Crippen LogP contribution in [0.3, 0.4) is 0 Å². The van der Waals surface area contributed by atoms with Gasteiger partial charge in [0.1, 0.15) is 11.6 Å². The van der Waals surface area contributed by atoms with Crippen LogP contribution in [-0.4, -0.2) is 78.0 Å². The summed E-state index contributed by atoms with van der Waals surface area (Å²) in [5, 5.41) is 6.36. The van der Waals surface area contributed by atoms with Crippen molar-refractivity contribution in [3.63, 3.8) is 0 Å². The molecule has 4 aliphatic rings. The van der Waals surface area contributed by atoms with E-state index in [-0.39, 0.29) is 23.8 Å². The van der Waals surface area contributed by atoms with Gasteiger partial charge in [0.15, 0.2) is 0 Å². The second-order valence-electron chi connectivity index (χ2n) is 13.0. The number of nitrogens with one attached hydrogen (secondary N) is 2. The second-order valence-corrected chi connectivity index (χ2v) is 13.0. The minimum Gasteiger partial charge on any atom is -0.359 e. The molecule has 2 bridgehead atoms. The van der Waals surface area contributed by atoms with E-state index in [1.54, 1.807) is 4.90 Å². The number of unbranched alkanes of at least 4 members (excludes halogenated alkanes) is 1. The summed E-state index contributed by atoms with van der Waals surface area (Å²) < 4.78 is 6.53. The highest BCUT2D eigenvalue weighted by molar-refractivity contribution is 6.02. The van der Waals surface area contributed by atoms with Crippen molar-refractivity contribution in [3.05, 3.63) is 42.0 Å². The first-order chi connectivity index (χ1) is 19.7. The molecule has 8 heteroatoms. The fourth-order valence-corrected chi connectivity index (χ4v) is 7.55. The van der Waals surface area contributed by atoms with E-state index in [0.717, 1.165) is 50.8 Å². The number of hydrogen-bond donors (Lipinski definition) is 2. The Kier molecular flexibility index (Phi) is 8.90. The van der Waals surface area contributed by atoms with Crippen molar-refractivity contribution in [3.8, 4) is 0 Å². The SMILES string of the molecule is CCCCN(C)CCCN1C(=O)[C@@H]2[C@H](C(=O)Nc3cccc(C)c3)[C@@H]3C=C[C@@]2(O3)[C@@H]1C(=O)N[C@@H]1CCC[C@H](C)[C@H]1C. The third-order valence-electron chi connectivity index (χ3n) is 10.1. The standard InChI is InChI=1S/C33H48N4O4/c1-6-7-17-36(5)18-10-19-37-29(31(39)35-25-14-9-12-22(3)23(25)4)33-16-15-26(41-33)27(28(33)32(37)40)30(38)34-24-13-8-11-21(2)20-24/h8,11,13,15-16,20,22-23,25-29H,6-7,9-10,12,14,17-19H2,1-5H3,(H,34,38)(H,35,39)/t22-,23+,25+,26-,27+,28-,29-,33-/m0/s1. The molecule has 0 aromatic heterocycles. The molecule has 0 unspecified atom stereocenters. The highest BCUT2D eigenvalue weighted by atomic mass is 16.5. The first-order valence-corrected chi connectivity index (χ1v) is 15.7. The van der Waals surface area contributed by atoms with E-state index < -0.39 is 29.6 Å². The molecule has 3 fully saturated rings. The van der Waals surface area contributed by atoms with Crippen LogP contribution in [0.5, 0.6) is 0 Å². The van der Waals surface area contributed by atoms with Gasteiger partial charge in [0.2, 0.25) is 17.7 Å². The summed E-state index contributed by atoms with van der Waals surface area (Å²) in [6.07, 6.45) is 9.48. The van der Waals surface area contributed by atoms with E-state index in [0.29, 0.717) is 24.1 Å². The predicted molar refractivity (Wildman–Crippen MR) is 160 cm³/mol. The van der Waals surface area contributed by atoms with Gasteiger partial charge in [0, 0.05) is 18.3 Å². The van der Waals surface area contributed by atoms with Crippen LogP contribution in [-0.2, 0) is 19.1 Å². The van der Waals surface area contributed by atoms with Crippen LogP contribution in [0.2, 0.25) is 0 Å². The Hall–Kier alpha value is -2.71.